The number of nitrogens with two attached hydrogens (primary N) is 1. The summed E-state index contributed by atoms with van der Waals surface area (Å²) in [5.74, 6) is 1.17. The number of benzene rings is 1. The molecule has 2 heterocycles. The first-order chi connectivity index (χ1) is 16.0. The van der Waals surface area contributed by atoms with Gasteiger partial charge in [0.25, 0.3) is 0 Å². The molecular formula is C24H33N9. The van der Waals surface area contributed by atoms with Crippen molar-refractivity contribution in [3.8, 4) is 11.8 Å². The lowest BCUT2D eigenvalue weighted by Gasteiger charge is -2.11. The molecule has 0 saturated heterocycles. The zero-order valence-electron chi connectivity index (χ0n) is 19.7. The van der Waals surface area contributed by atoms with Gasteiger partial charge in [-0.1, -0.05) is 18.2 Å². The van der Waals surface area contributed by atoms with E-state index >= 15 is 0 Å². The number of aromatic nitrogens is 4. The molecule has 0 fully saturated rings. The van der Waals surface area contributed by atoms with E-state index in [4.69, 9.17) is 5.73 Å². The Kier molecular flexibility index (Phi) is 8.47. The SMILES string of the molecule is CCNC(=NCCCn1nc(C)cc1C)NCCCc1nn(-c2ccccc2)c(N)c1C#N. The fourth-order valence-corrected chi connectivity index (χ4v) is 3.66. The van der Waals surface area contributed by atoms with Crippen molar-refractivity contribution >= 4 is 11.8 Å². The Bertz CT molecular complexity index is 1100. The van der Waals surface area contributed by atoms with Crippen LogP contribution in [-0.2, 0) is 13.0 Å². The van der Waals surface area contributed by atoms with E-state index in [1.54, 1.807) is 4.68 Å². The zero-order valence-corrected chi connectivity index (χ0v) is 19.7. The average molecular weight is 448 g/mol. The average Bonchev–Trinajstić information content (AvgIpc) is 3.31. The molecule has 0 atom stereocenters. The van der Waals surface area contributed by atoms with E-state index in [2.05, 4.69) is 44.9 Å². The van der Waals surface area contributed by atoms with Crippen molar-refractivity contribution in [1.29, 1.82) is 5.26 Å². The van der Waals surface area contributed by atoms with Gasteiger partial charge >= 0.3 is 0 Å². The third-order valence-corrected chi connectivity index (χ3v) is 5.23. The summed E-state index contributed by atoms with van der Waals surface area (Å²) in [5, 5.41) is 25.3. The molecule has 3 rings (SSSR count). The van der Waals surface area contributed by atoms with E-state index in [9.17, 15) is 5.26 Å². The molecule has 9 heteroatoms. The van der Waals surface area contributed by atoms with Gasteiger partial charge < -0.3 is 16.4 Å². The second-order valence-electron chi connectivity index (χ2n) is 7.86. The van der Waals surface area contributed by atoms with Crippen LogP contribution in [0.1, 0.15) is 42.4 Å². The number of rotatable bonds is 10. The highest BCUT2D eigenvalue weighted by Crippen LogP contribution is 2.21. The minimum Gasteiger partial charge on any atom is -0.382 e. The molecule has 33 heavy (non-hydrogen) atoms. The summed E-state index contributed by atoms with van der Waals surface area (Å²) in [5.41, 5.74) is 10.4. The third-order valence-electron chi connectivity index (χ3n) is 5.23. The summed E-state index contributed by atoms with van der Waals surface area (Å²) in [7, 11) is 0. The highest BCUT2D eigenvalue weighted by atomic mass is 15.3. The first-order valence-corrected chi connectivity index (χ1v) is 11.4. The van der Waals surface area contributed by atoms with Crippen LogP contribution in [-0.4, -0.2) is 45.2 Å². The monoisotopic (exact) mass is 447 g/mol. The Balaban J connectivity index is 1.51. The van der Waals surface area contributed by atoms with Gasteiger partial charge in [0.05, 0.1) is 17.1 Å². The normalized spacial score (nSPS) is 11.4. The highest BCUT2D eigenvalue weighted by molar-refractivity contribution is 5.79. The van der Waals surface area contributed by atoms with E-state index < -0.39 is 0 Å². The first-order valence-electron chi connectivity index (χ1n) is 11.4. The van der Waals surface area contributed by atoms with Crippen molar-refractivity contribution in [1.82, 2.24) is 30.2 Å². The first kappa shape index (κ1) is 23.9. The number of nitrogen functional groups attached to an aromatic ring is 1. The summed E-state index contributed by atoms with van der Waals surface area (Å²) in [6, 6.07) is 13.9. The quantitative estimate of drug-likeness (QED) is 0.250. The van der Waals surface area contributed by atoms with Gasteiger partial charge in [-0.15, -0.1) is 0 Å². The maximum atomic E-state index is 9.56. The molecule has 1 aromatic carbocycles. The lowest BCUT2D eigenvalue weighted by atomic mass is 10.1. The number of aliphatic imine (C=N–C) groups is 1. The van der Waals surface area contributed by atoms with Gasteiger partial charge in [0, 0.05) is 31.9 Å². The standard InChI is InChI=1S/C24H33N9/c1-4-27-24(29-14-9-15-32-19(3)16-18(2)30-32)28-13-8-12-22-21(17-25)23(26)33(31-22)20-10-6-5-7-11-20/h5-7,10-11,16H,4,8-9,12-15,26H2,1-3H3,(H2,27,28,29). The smallest absolute Gasteiger partial charge is 0.191 e. The number of nitriles is 1. The number of para-hydroxylation sites is 1. The van der Waals surface area contributed by atoms with E-state index in [1.165, 1.54) is 5.69 Å². The Labute approximate surface area is 195 Å². The largest absolute Gasteiger partial charge is 0.382 e. The van der Waals surface area contributed by atoms with E-state index in [0.717, 1.165) is 43.3 Å². The number of hydrogen-bond donors (Lipinski definition) is 3. The molecular weight excluding hydrogens is 414 g/mol. The van der Waals surface area contributed by atoms with Gasteiger partial charge in [0.1, 0.15) is 17.5 Å². The van der Waals surface area contributed by atoms with Crippen LogP contribution in [0.5, 0.6) is 0 Å². The van der Waals surface area contributed by atoms with Crippen LogP contribution in [0.15, 0.2) is 41.4 Å². The summed E-state index contributed by atoms with van der Waals surface area (Å²) in [6.07, 6.45) is 2.37. The minimum atomic E-state index is 0.379. The number of nitrogens with one attached hydrogen (secondary N) is 2. The number of anilines is 1. The van der Waals surface area contributed by atoms with Crippen molar-refractivity contribution in [3.63, 3.8) is 0 Å². The Morgan fingerprint density at radius 2 is 1.94 bits per heavy atom. The van der Waals surface area contributed by atoms with Crippen molar-refractivity contribution in [2.24, 2.45) is 4.99 Å². The van der Waals surface area contributed by atoms with Crippen molar-refractivity contribution < 1.29 is 0 Å². The van der Waals surface area contributed by atoms with Crippen LogP contribution >= 0.6 is 0 Å². The van der Waals surface area contributed by atoms with E-state index in [-0.39, 0.29) is 0 Å². The minimum absolute atomic E-state index is 0.379. The molecule has 0 bridgehead atoms. The van der Waals surface area contributed by atoms with Crippen LogP contribution in [0.4, 0.5) is 5.82 Å². The molecule has 174 valence electrons. The summed E-state index contributed by atoms with van der Waals surface area (Å²) in [6.45, 7) is 9.20. The Morgan fingerprint density at radius 1 is 1.15 bits per heavy atom. The lowest BCUT2D eigenvalue weighted by molar-refractivity contribution is 0.567. The number of hydrogen-bond acceptors (Lipinski definition) is 5. The van der Waals surface area contributed by atoms with Gasteiger partial charge in [-0.2, -0.15) is 15.5 Å². The Hall–Kier alpha value is -3.80. The van der Waals surface area contributed by atoms with Crippen LogP contribution < -0.4 is 16.4 Å². The predicted molar refractivity (Wildman–Crippen MR) is 131 cm³/mol. The van der Waals surface area contributed by atoms with Gasteiger partial charge in [0.2, 0.25) is 0 Å². The van der Waals surface area contributed by atoms with Gasteiger partial charge in [-0.3, -0.25) is 9.67 Å². The molecule has 0 aliphatic heterocycles. The lowest BCUT2D eigenvalue weighted by Crippen LogP contribution is -2.38. The molecule has 0 amide bonds. The predicted octanol–water partition coefficient (Wildman–Crippen LogP) is 2.72. The summed E-state index contributed by atoms with van der Waals surface area (Å²) in [4.78, 5) is 4.66. The van der Waals surface area contributed by atoms with Gasteiger partial charge in [0.15, 0.2) is 5.96 Å². The maximum Gasteiger partial charge on any atom is 0.191 e. The summed E-state index contributed by atoms with van der Waals surface area (Å²) < 4.78 is 3.66. The molecule has 4 N–H and O–H groups in total. The molecule has 0 spiro atoms. The van der Waals surface area contributed by atoms with Crippen LogP contribution in [0.25, 0.3) is 5.69 Å². The van der Waals surface area contributed by atoms with E-state index in [1.807, 2.05) is 48.9 Å². The van der Waals surface area contributed by atoms with Crippen molar-refractivity contribution in [3.05, 3.63) is 59.0 Å². The molecule has 0 aliphatic rings. The molecule has 0 saturated carbocycles. The molecule has 0 unspecified atom stereocenters. The van der Waals surface area contributed by atoms with Crippen LogP contribution in [0, 0.1) is 25.2 Å². The van der Waals surface area contributed by atoms with Crippen molar-refractivity contribution in [2.75, 3.05) is 25.4 Å². The number of guanidine groups is 1. The van der Waals surface area contributed by atoms with Crippen molar-refractivity contribution in [2.45, 2.75) is 46.6 Å². The second kappa shape index (κ2) is 11.7. The fourth-order valence-electron chi connectivity index (χ4n) is 3.66. The number of aryl methyl sites for hydroxylation is 4. The third kappa shape index (κ3) is 6.35. The zero-order chi connectivity index (χ0) is 23.6. The molecule has 3 aromatic rings. The molecule has 9 nitrogen and oxygen atoms in total. The Morgan fingerprint density at radius 3 is 2.61 bits per heavy atom. The molecule has 0 aliphatic carbocycles. The van der Waals surface area contributed by atoms with Gasteiger partial charge in [-0.05, 0) is 58.2 Å². The van der Waals surface area contributed by atoms with Gasteiger partial charge in [-0.25, -0.2) is 4.68 Å². The number of nitrogens with zero attached hydrogens (tertiary/aromatic N) is 6. The maximum absolute atomic E-state index is 9.56. The molecule has 0 radical (unpaired) electrons. The highest BCUT2D eigenvalue weighted by Gasteiger charge is 2.16. The fraction of sp³-hybridized carbons (Fsp3) is 0.417. The van der Waals surface area contributed by atoms with Crippen LogP contribution in [0.3, 0.4) is 0 Å². The topological polar surface area (TPSA) is 122 Å². The second-order valence-corrected chi connectivity index (χ2v) is 7.86. The molecule has 2 aromatic heterocycles. The van der Waals surface area contributed by atoms with E-state index in [0.29, 0.717) is 36.6 Å². The summed E-state index contributed by atoms with van der Waals surface area (Å²) >= 11 is 0. The van der Waals surface area contributed by atoms with Crippen LogP contribution in [0.2, 0.25) is 0 Å².